The molecule has 17 heavy (non-hydrogen) atoms. The maximum atomic E-state index is 2.44. The maximum absolute atomic E-state index is 2.44. The SMILES string of the molecule is CCC1=CC(C(C)(C)C2=CCC(CC)=C2)C=C1. The van der Waals surface area contributed by atoms with Gasteiger partial charge >= 0.3 is 0 Å². The van der Waals surface area contributed by atoms with Gasteiger partial charge in [-0.2, -0.15) is 0 Å². The largest absolute Gasteiger partial charge is 0.0767 e. The smallest absolute Gasteiger partial charge is 0.00472 e. The van der Waals surface area contributed by atoms with Crippen molar-refractivity contribution in [2.75, 3.05) is 0 Å². The molecule has 0 N–H and O–H groups in total. The second-order valence-corrected chi connectivity index (χ2v) is 5.72. The second-order valence-electron chi connectivity index (χ2n) is 5.72. The molecule has 0 saturated carbocycles. The Labute approximate surface area is 106 Å². The predicted octanol–water partition coefficient (Wildman–Crippen LogP) is 5.20. The molecule has 2 aliphatic carbocycles. The number of hydrogen-bond acceptors (Lipinski definition) is 0. The Morgan fingerprint density at radius 1 is 1.24 bits per heavy atom. The van der Waals surface area contributed by atoms with Gasteiger partial charge in [-0.25, -0.2) is 0 Å². The van der Waals surface area contributed by atoms with E-state index < -0.39 is 0 Å². The molecule has 0 radical (unpaired) electrons. The molecule has 0 heterocycles. The Morgan fingerprint density at radius 3 is 2.53 bits per heavy atom. The molecular weight excluding hydrogens is 204 g/mol. The van der Waals surface area contributed by atoms with E-state index >= 15 is 0 Å². The lowest BCUT2D eigenvalue weighted by molar-refractivity contribution is 0.385. The van der Waals surface area contributed by atoms with Gasteiger partial charge in [0.2, 0.25) is 0 Å². The van der Waals surface area contributed by atoms with E-state index in [1.165, 1.54) is 17.6 Å². The zero-order chi connectivity index (χ0) is 12.5. The summed E-state index contributed by atoms with van der Waals surface area (Å²) in [6.07, 6.45) is 15.5. The summed E-state index contributed by atoms with van der Waals surface area (Å²) < 4.78 is 0. The standard InChI is InChI=1S/C17H24/c1-5-13-7-9-15(11-13)17(3,4)16-10-8-14(6-2)12-16/h7,9-12,15H,5-6,8H2,1-4H3. The van der Waals surface area contributed by atoms with Crippen molar-refractivity contribution in [1.82, 2.24) is 0 Å². The van der Waals surface area contributed by atoms with Crippen LogP contribution in [0.1, 0.15) is 47.0 Å². The molecule has 0 heteroatoms. The van der Waals surface area contributed by atoms with E-state index in [0.29, 0.717) is 5.92 Å². The number of allylic oxidation sites excluding steroid dienone is 8. The van der Waals surface area contributed by atoms with E-state index in [2.05, 4.69) is 58.1 Å². The van der Waals surface area contributed by atoms with Gasteiger partial charge in [0.25, 0.3) is 0 Å². The second kappa shape index (κ2) is 4.68. The molecule has 0 fully saturated rings. The van der Waals surface area contributed by atoms with Gasteiger partial charge in [-0.05, 0) is 30.3 Å². The molecule has 2 aliphatic rings. The Kier molecular flexibility index (Phi) is 3.42. The predicted molar refractivity (Wildman–Crippen MR) is 75.9 cm³/mol. The average Bonchev–Trinajstić information content (AvgIpc) is 2.98. The summed E-state index contributed by atoms with van der Waals surface area (Å²) in [5, 5.41) is 0. The van der Waals surface area contributed by atoms with Gasteiger partial charge in [0.1, 0.15) is 0 Å². The molecule has 1 atom stereocenters. The van der Waals surface area contributed by atoms with Gasteiger partial charge in [0.15, 0.2) is 0 Å². The van der Waals surface area contributed by atoms with Gasteiger partial charge < -0.3 is 0 Å². The van der Waals surface area contributed by atoms with Gasteiger partial charge in [0.05, 0.1) is 0 Å². The number of hydrogen-bond donors (Lipinski definition) is 0. The third-order valence-electron chi connectivity index (χ3n) is 4.29. The first kappa shape index (κ1) is 12.4. The van der Waals surface area contributed by atoms with E-state index in [0.717, 1.165) is 12.8 Å². The van der Waals surface area contributed by atoms with Crippen molar-refractivity contribution in [2.24, 2.45) is 11.3 Å². The van der Waals surface area contributed by atoms with Crippen molar-refractivity contribution < 1.29 is 0 Å². The summed E-state index contributed by atoms with van der Waals surface area (Å²) in [6.45, 7) is 9.23. The van der Waals surface area contributed by atoms with Crippen LogP contribution in [0.2, 0.25) is 0 Å². The Morgan fingerprint density at radius 2 is 2.00 bits per heavy atom. The zero-order valence-electron chi connectivity index (χ0n) is 11.6. The molecular formula is C17H24. The molecule has 0 bridgehead atoms. The molecule has 0 amide bonds. The fraction of sp³-hybridized carbons (Fsp3) is 0.529. The van der Waals surface area contributed by atoms with Crippen LogP contribution in [-0.4, -0.2) is 0 Å². The lowest BCUT2D eigenvalue weighted by Crippen LogP contribution is -2.21. The van der Waals surface area contributed by atoms with E-state index in [1.54, 1.807) is 5.57 Å². The van der Waals surface area contributed by atoms with Crippen molar-refractivity contribution in [3.63, 3.8) is 0 Å². The molecule has 0 aromatic heterocycles. The first-order chi connectivity index (χ1) is 8.07. The van der Waals surface area contributed by atoms with Crippen molar-refractivity contribution in [3.8, 4) is 0 Å². The zero-order valence-corrected chi connectivity index (χ0v) is 11.6. The fourth-order valence-corrected chi connectivity index (χ4v) is 2.72. The summed E-state index contributed by atoms with van der Waals surface area (Å²) in [5.74, 6) is 0.566. The van der Waals surface area contributed by atoms with Gasteiger partial charge in [-0.15, -0.1) is 0 Å². The van der Waals surface area contributed by atoms with Crippen LogP contribution in [0, 0.1) is 11.3 Å². The topological polar surface area (TPSA) is 0 Å². The van der Waals surface area contributed by atoms with Crippen LogP contribution in [0.3, 0.4) is 0 Å². The van der Waals surface area contributed by atoms with Crippen molar-refractivity contribution in [2.45, 2.75) is 47.0 Å². The maximum Gasteiger partial charge on any atom is 0.00472 e. The molecule has 2 rings (SSSR count). The van der Waals surface area contributed by atoms with Gasteiger partial charge in [0, 0.05) is 5.92 Å². The lowest BCUT2D eigenvalue weighted by atomic mass is 9.73. The number of rotatable bonds is 4. The van der Waals surface area contributed by atoms with Crippen LogP contribution < -0.4 is 0 Å². The molecule has 0 nitrogen and oxygen atoms in total. The highest BCUT2D eigenvalue weighted by atomic mass is 14.4. The summed E-state index contributed by atoms with van der Waals surface area (Å²) in [6, 6.07) is 0. The molecule has 0 saturated heterocycles. The minimum absolute atomic E-state index is 0.240. The van der Waals surface area contributed by atoms with E-state index in [4.69, 9.17) is 0 Å². The lowest BCUT2D eigenvalue weighted by Gasteiger charge is -2.30. The molecule has 92 valence electrons. The normalized spacial score (nSPS) is 23.8. The third kappa shape index (κ3) is 2.31. The molecule has 0 aromatic rings. The summed E-state index contributed by atoms with van der Waals surface area (Å²) in [7, 11) is 0. The summed E-state index contributed by atoms with van der Waals surface area (Å²) in [4.78, 5) is 0. The highest BCUT2D eigenvalue weighted by Crippen LogP contribution is 2.43. The van der Waals surface area contributed by atoms with Gasteiger partial charge in [-0.3, -0.25) is 0 Å². The average molecular weight is 228 g/mol. The molecule has 1 unspecified atom stereocenters. The monoisotopic (exact) mass is 228 g/mol. The molecule has 0 aromatic carbocycles. The first-order valence-electron chi connectivity index (χ1n) is 6.87. The van der Waals surface area contributed by atoms with Crippen molar-refractivity contribution in [3.05, 3.63) is 47.1 Å². The Hall–Kier alpha value is -1.04. The first-order valence-corrected chi connectivity index (χ1v) is 6.87. The minimum Gasteiger partial charge on any atom is -0.0767 e. The van der Waals surface area contributed by atoms with Crippen LogP contribution in [0.15, 0.2) is 47.1 Å². The fourth-order valence-electron chi connectivity index (χ4n) is 2.72. The third-order valence-corrected chi connectivity index (χ3v) is 4.29. The van der Waals surface area contributed by atoms with E-state index in [1.807, 2.05) is 0 Å². The van der Waals surface area contributed by atoms with Crippen LogP contribution in [0.4, 0.5) is 0 Å². The van der Waals surface area contributed by atoms with Crippen LogP contribution in [0.5, 0.6) is 0 Å². The quantitative estimate of drug-likeness (QED) is 0.620. The summed E-state index contributed by atoms with van der Waals surface area (Å²) in [5.41, 5.74) is 4.83. The Balaban J connectivity index is 2.18. The summed E-state index contributed by atoms with van der Waals surface area (Å²) >= 11 is 0. The van der Waals surface area contributed by atoms with Crippen molar-refractivity contribution in [1.29, 1.82) is 0 Å². The molecule has 0 spiro atoms. The van der Waals surface area contributed by atoms with Crippen molar-refractivity contribution >= 4 is 0 Å². The molecule has 0 aliphatic heterocycles. The van der Waals surface area contributed by atoms with E-state index in [9.17, 15) is 0 Å². The van der Waals surface area contributed by atoms with Crippen LogP contribution in [-0.2, 0) is 0 Å². The minimum atomic E-state index is 0.240. The van der Waals surface area contributed by atoms with Crippen LogP contribution >= 0.6 is 0 Å². The Bertz CT molecular complexity index is 413. The highest BCUT2D eigenvalue weighted by Gasteiger charge is 2.32. The van der Waals surface area contributed by atoms with E-state index in [-0.39, 0.29) is 5.41 Å². The van der Waals surface area contributed by atoms with Gasteiger partial charge in [-0.1, -0.05) is 69.2 Å². The highest BCUT2D eigenvalue weighted by molar-refractivity contribution is 5.41. The van der Waals surface area contributed by atoms with Crippen LogP contribution in [0.25, 0.3) is 0 Å².